The van der Waals surface area contributed by atoms with E-state index in [1.807, 2.05) is 10.5 Å². The Morgan fingerprint density at radius 3 is 2.65 bits per heavy atom. The predicted molar refractivity (Wildman–Crippen MR) is 108 cm³/mol. The average Bonchev–Trinajstić information content (AvgIpc) is 3.41. The number of hydrogen-bond acceptors (Lipinski definition) is 5. The van der Waals surface area contributed by atoms with Crippen LogP contribution in [-0.4, -0.2) is 32.8 Å². The number of fused-ring (bicyclic) bond motifs is 3. The van der Waals surface area contributed by atoms with Gasteiger partial charge in [-0.3, -0.25) is 4.40 Å². The number of halogens is 2. The minimum atomic E-state index is -0.364. The summed E-state index contributed by atoms with van der Waals surface area (Å²) in [7, 11) is 0. The molecule has 0 N–H and O–H groups in total. The molecule has 0 bridgehead atoms. The van der Waals surface area contributed by atoms with Crippen molar-refractivity contribution in [1.82, 2.24) is 19.6 Å². The van der Waals surface area contributed by atoms with Gasteiger partial charge in [0.1, 0.15) is 29.5 Å². The molecule has 0 spiro atoms. The van der Waals surface area contributed by atoms with Gasteiger partial charge in [0.25, 0.3) is 0 Å². The van der Waals surface area contributed by atoms with Crippen molar-refractivity contribution in [3.05, 3.63) is 70.8 Å². The van der Waals surface area contributed by atoms with Crippen molar-refractivity contribution in [1.29, 1.82) is 0 Å². The Bertz CT molecular complexity index is 1350. The zero-order valence-electron chi connectivity index (χ0n) is 16.7. The summed E-state index contributed by atoms with van der Waals surface area (Å²) in [6.07, 6.45) is 2.67. The zero-order chi connectivity index (χ0) is 21.1. The topological polar surface area (TPSA) is 61.5 Å². The van der Waals surface area contributed by atoms with E-state index in [1.54, 1.807) is 25.4 Å². The molecule has 0 radical (unpaired) electrons. The van der Waals surface area contributed by atoms with E-state index < -0.39 is 0 Å². The Morgan fingerprint density at radius 2 is 1.81 bits per heavy atom. The molecule has 2 aliphatic heterocycles. The second-order valence-corrected chi connectivity index (χ2v) is 7.91. The van der Waals surface area contributed by atoms with E-state index in [0.29, 0.717) is 60.0 Å². The summed E-state index contributed by atoms with van der Waals surface area (Å²) in [6, 6.07) is 8.05. The van der Waals surface area contributed by atoms with Gasteiger partial charge in [-0.05, 0) is 55.7 Å². The Morgan fingerprint density at radius 1 is 1.00 bits per heavy atom. The molecule has 156 valence electrons. The van der Waals surface area contributed by atoms with E-state index >= 15 is 0 Å². The van der Waals surface area contributed by atoms with Crippen molar-refractivity contribution in [2.75, 3.05) is 13.2 Å². The van der Waals surface area contributed by atoms with Gasteiger partial charge in [0.15, 0.2) is 5.65 Å². The summed E-state index contributed by atoms with van der Waals surface area (Å²) in [5.74, 6) is 0.764. The van der Waals surface area contributed by atoms with Crippen LogP contribution in [0.4, 0.5) is 8.78 Å². The third-order valence-electron chi connectivity index (χ3n) is 6.10. The normalized spacial score (nSPS) is 17.2. The maximum atomic E-state index is 14.7. The fraction of sp³-hybridized carbons (Fsp3) is 0.261. The van der Waals surface area contributed by atoms with E-state index in [1.165, 1.54) is 12.1 Å². The standard InChI is InChI=1S/C23H18F2N4O2/c1-12-16(24)3-5-18(27-12)15-8-21-19(29-11-26-28-23(15)29)6-2-14-17(25)4-7-20-22(14)13(9-30-20)10-31-21/h3-5,7-8,11,13H,2,6,9-10H2,1H3/t13-/m1/s1. The summed E-state index contributed by atoms with van der Waals surface area (Å²) in [6.45, 7) is 2.44. The number of benzene rings is 1. The second kappa shape index (κ2) is 6.73. The number of aromatic nitrogens is 4. The highest BCUT2D eigenvalue weighted by atomic mass is 19.1. The van der Waals surface area contributed by atoms with Crippen LogP contribution in [0.2, 0.25) is 0 Å². The van der Waals surface area contributed by atoms with E-state index in [0.717, 1.165) is 17.0 Å². The first-order valence-corrected chi connectivity index (χ1v) is 10.2. The van der Waals surface area contributed by atoms with Gasteiger partial charge < -0.3 is 9.47 Å². The lowest BCUT2D eigenvalue weighted by Crippen LogP contribution is -2.13. The second-order valence-electron chi connectivity index (χ2n) is 7.91. The van der Waals surface area contributed by atoms with Crippen LogP contribution in [-0.2, 0) is 12.8 Å². The third kappa shape index (κ3) is 2.78. The maximum absolute atomic E-state index is 14.7. The molecule has 4 aromatic rings. The molecule has 0 fully saturated rings. The molecule has 6 nitrogen and oxygen atoms in total. The van der Waals surface area contributed by atoms with Gasteiger partial charge in [0.2, 0.25) is 0 Å². The molecule has 6 rings (SSSR count). The molecular weight excluding hydrogens is 402 g/mol. The molecule has 8 heteroatoms. The van der Waals surface area contributed by atoms with Crippen LogP contribution in [0.15, 0.2) is 36.7 Å². The highest BCUT2D eigenvalue weighted by Gasteiger charge is 2.31. The number of aryl methyl sites for hydroxylation is 2. The molecule has 3 aromatic heterocycles. The van der Waals surface area contributed by atoms with Crippen molar-refractivity contribution >= 4 is 5.65 Å². The Hall–Kier alpha value is -3.55. The molecular formula is C23H18F2N4O2. The number of pyridine rings is 2. The SMILES string of the molecule is Cc1nc(-c2cc3c(n4cnnc24)CCc2c(F)ccc4c2[C@H](CO4)CO3)ccc1F. The number of hydrogen-bond donors (Lipinski definition) is 0. The fourth-order valence-corrected chi connectivity index (χ4v) is 4.55. The number of ether oxygens (including phenoxy) is 2. The Labute approximate surface area is 176 Å². The van der Waals surface area contributed by atoms with E-state index in [9.17, 15) is 8.78 Å². The molecule has 0 saturated carbocycles. The van der Waals surface area contributed by atoms with Crippen LogP contribution in [0.25, 0.3) is 16.9 Å². The van der Waals surface area contributed by atoms with Crippen LogP contribution >= 0.6 is 0 Å². The van der Waals surface area contributed by atoms with Crippen molar-refractivity contribution in [3.8, 4) is 22.8 Å². The molecule has 0 unspecified atom stereocenters. The summed E-state index contributed by atoms with van der Waals surface area (Å²) in [5.41, 5.74) is 4.64. The molecule has 31 heavy (non-hydrogen) atoms. The molecule has 0 aliphatic carbocycles. The zero-order valence-corrected chi connectivity index (χ0v) is 16.7. The van der Waals surface area contributed by atoms with Gasteiger partial charge in [0.05, 0.1) is 36.2 Å². The van der Waals surface area contributed by atoms with Gasteiger partial charge >= 0.3 is 0 Å². The minimum absolute atomic E-state index is 0.0436. The van der Waals surface area contributed by atoms with Gasteiger partial charge in [-0.25, -0.2) is 13.8 Å². The summed E-state index contributed by atoms with van der Waals surface area (Å²) in [4.78, 5) is 4.38. The number of nitrogens with zero attached hydrogens (tertiary/aromatic N) is 4. The molecule has 5 heterocycles. The summed E-state index contributed by atoms with van der Waals surface area (Å²) in [5, 5.41) is 8.34. The van der Waals surface area contributed by atoms with Crippen molar-refractivity contribution in [2.45, 2.75) is 25.7 Å². The lowest BCUT2D eigenvalue weighted by Gasteiger charge is -2.16. The smallest absolute Gasteiger partial charge is 0.170 e. The molecule has 1 atom stereocenters. The van der Waals surface area contributed by atoms with Crippen LogP contribution in [0.1, 0.15) is 28.4 Å². The van der Waals surface area contributed by atoms with Crippen LogP contribution in [0.5, 0.6) is 11.5 Å². The lowest BCUT2D eigenvalue weighted by molar-refractivity contribution is 0.246. The Kier molecular flexibility index (Phi) is 3.96. The van der Waals surface area contributed by atoms with Crippen molar-refractivity contribution in [3.63, 3.8) is 0 Å². The van der Waals surface area contributed by atoms with Gasteiger partial charge in [-0.1, -0.05) is 0 Å². The third-order valence-corrected chi connectivity index (χ3v) is 6.10. The minimum Gasteiger partial charge on any atom is -0.493 e. The van der Waals surface area contributed by atoms with Gasteiger partial charge in [-0.2, -0.15) is 0 Å². The first kappa shape index (κ1) is 18.2. The van der Waals surface area contributed by atoms with Crippen LogP contribution in [0.3, 0.4) is 0 Å². The highest BCUT2D eigenvalue weighted by molar-refractivity contribution is 5.77. The Balaban J connectivity index is 1.52. The van der Waals surface area contributed by atoms with E-state index in [-0.39, 0.29) is 17.6 Å². The maximum Gasteiger partial charge on any atom is 0.170 e. The van der Waals surface area contributed by atoms with E-state index in [2.05, 4.69) is 15.2 Å². The molecule has 2 aliphatic rings. The average molecular weight is 420 g/mol. The quantitative estimate of drug-likeness (QED) is 0.465. The first-order chi connectivity index (χ1) is 15.1. The summed E-state index contributed by atoms with van der Waals surface area (Å²) < 4.78 is 42.4. The summed E-state index contributed by atoms with van der Waals surface area (Å²) >= 11 is 0. The van der Waals surface area contributed by atoms with E-state index in [4.69, 9.17) is 9.47 Å². The monoisotopic (exact) mass is 420 g/mol. The predicted octanol–water partition coefficient (Wildman–Crippen LogP) is 4.03. The van der Waals surface area contributed by atoms with Gasteiger partial charge in [-0.15, -0.1) is 10.2 Å². The van der Waals surface area contributed by atoms with Crippen molar-refractivity contribution in [2.24, 2.45) is 0 Å². The number of rotatable bonds is 1. The van der Waals surface area contributed by atoms with Gasteiger partial charge in [0, 0.05) is 11.1 Å². The molecule has 0 saturated heterocycles. The van der Waals surface area contributed by atoms with Crippen molar-refractivity contribution < 1.29 is 18.3 Å². The van der Waals surface area contributed by atoms with Crippen LogP contribution in [0, 0.1) is 18.6 Å². The highest BCUT2D eigenvalue weighted by Crippen LogP contribution is 2.41. The first-order valence-electron chi connectivity index (χ1n) is 10.2. The molecule has 1 aromatic carbocycles. The van der Waals surface area contributed by atoms with Crippen LogP contribution < -0.4 is 9.47 Å². The lowest BCUT2D eigenvalue weighted by atomic mass is 9.93. The largest absolute Gasteiger partial charge is 0.493 e. The fourth-order valence-electron chi connectivity index (χ4n) is 4.55. The molecule has 0 amide bonds.